The first-order valence-electron chi connectivity index (χ1n) is 12.2. The third kappa shape index (κ3) is 7.48. The van der Waals surface area contributed by atoms with Gasteiger partial charge in [-0.25, -0.2) is 0 Å². The summed E-state index contributed by atoms with van der Waals surface area (Å²) in [6.07, 6.45) is 11.6. The van der Waals surface area contributed by atoms with E-state index in [4.69, 9.17) is 14.2 Å². The van der Waals surface area contributed by atoms with Gasteiger partial charge in [-0.1, -0.05) is 18.2 Å². The van der Waals surface area contributed by atoms with Crippen molar-refractivity contribution in [2.75, 3.05) is 33.4 Å². The Morgan fingerprint density at radius 3 is 2.50 bits per heavy atom. The van der Waals surface area contributed by atoms with E-state index in [1.54, 1.807) is 0 Å². The third-order valence-corrected chi connectivity index (χ3v) is 6.75. The summed E-state index contributed by atoms with van der Waals surface area (Å²) < 4.78 is 18.2. The number of aliphatic imine (C=N–C) groups is 1. The smallest absolute Gasteiger partial charge is 0.193 e. The molecule has 7 heteroatoms. The van der Waals surface area contributed by atoms with Gasteiger partial charge < -0.3 is 24.4 Å². The Hall–Kier alpha value is -1.06. The van der Waals surface area contributed by atoms with Crippen LogP contribution in [0.25, 0.3) is 0 Å². The average molecular weight is 558 g/mol. The van der Waals surface area contributed by atoms with E-state index in [-0.39, 0.29) is 24.0 Å². The van der Waals surface area contributed by atoms with Crippen LogP contribution in [0.3, 0.4) is 0 Å². The van der Waals surface area contributed by atoms with Crippen molar-refractivity contribution in [3.8, 4) is 5.75 Å². The molecule has 2 saturated heterocycles. The normalized spacial score (nSPS) is 23.1. The SMILES string of the molecule is CN=C(NCc1ccccc1OC1CCCC1)N1CCC(OCC2CCCCO2)CC1.I. The quantitative estimate of drug-likeness (QED) is 0.298. The van der Waals surface area contributed by atoms with E-state index < -0.39 is 0 Å². The molecular weight excluding hydrogens is 517 g/mol. The Morgan fingerprint density at radius 2 is 1.78 bits per heavy atom. The van der Waals surface area contributed by atoms with Gasteiger partial charge in [0, 0.05) is 38.9 Å². The van der Waals surface area contributed by atoms with Crippen molar-refractivity contribution in [2.24, 2.45) is 4.99 Å². The zero-order chi connectivity index (χ0) is 21.3. The number of halogens is 1. The highest BCUT2D eigenvalue weighted by molar-refractivity contribution is 14.0. The number of guanidine groups is 1. The van der Waals surface area contributed by atoms with Crippen LogP contribution in [-0.4, -0.2) is 62.5 Å². The first-order valence-corrected chi connectivity index (χ1v) is 12.2. The summed E-state index contributed by atoms with van der Waals surface area (Å²) in [5.74, 6) is 1.97. The third-order valence-electron chi connectivity index (χ3n) is 6.75. The molecule has 3 fully saturated rings. The highest BCUT2D eigenvalue weighted by atomic mass is 127. The number of hydrogen-bond donors (Lipinski definition) is 1. The summed E-state index contributed by atoms with van der Waals surface area (Å²) in [4.78, 5) is 6.88. The van der Waals surface area contributed by atoms with Gasteiger partial charge in [0.05, 0.1) is 24.9 Å². The molecule has 3 aliphatic rings. The first kappa shape index (κ1) is 25.6. The van der Waals surface area contributed by atoms with Crippen LogP contribution in [0, 0.1) is 0 Å². The van der Waals surface area contributed by atoms with Crippen molar-refractivity contribution in [1.82, 2.24) is 10.2 Å². The number of nitrogens with zero attached hydrogens (tertiary/aromatic N) is 2. The summed E-state index contributed by atoms with van der Waals surface area (Å²) in [6.45, 7) is 4.30. The number of rotatable bonds is 7. The Labute approximate surface area is 210 Å². The van der Waals surface area contributed by atoms with Crippen LogP contribution in [0.15, 0.2) is 29.3 Å². The fourth-order valence-electron chi connectivity index (χ4n) is 4.87. The standard InChI is InChI=1S/C25H39N3O3.HI/c1-26-25(27-18-20-8-2-5-12-24(20)31-22-9-3-4-10-22)28-15-13-21(14-16-28)30-19-23-11-6-7-17-29-23;/h2,5,8,12,21-23H,3-4,6-7,9-11,13-19H2,1H3,(H,26,27);1H. The minimum absolute atomic E-state index is 0. The van der Waals surface area contributed by atoms with Crippen molar-refractivity contribution in [2.45, 2.75) is 82.6 Å². The number of nitrogens with one attached hydrogen (secondary N) is 1. The first-order chi connectivity index (χ1) is 15.3. The second-order valence-corrected chi connectivity index (χ2v) is 9.04. The van der Waals surface area contributed by atoms with E-state index in [2.05, 4.69) is 39.5 Å². The van der Waals surface area contributed by atoms with Crippen LogP contribution in [0.1, 0.15) is 63.4 Å². The van der Waals surface area contributed by atoms with Crippen LogP contribution in [0.4, 0.5) is 0 Å². The molecule has 1 saturated carbocycles. The van der Waals surface area contributed by atoms with E-state index in [1.807, 2.05) is 7.05 Å². The zero-order valence-electron chi connectivity index (χ0n) is 19.5. The molecule has 1 aliphatic carbocycles. The van der Waals surface area contributed by atoms with Crippen LogP contribution >= 0.6 is 24.0 Å². The Balaban J connectivity index is 0.00000289. The number of piperidine rings is 1. The van der Waals surface area contributed by atoms with Gasteiger partial charge in [0.15, 0.2) is 5.96 Å². The van der Waals surface area contributed by atoms with Crippen molar-refractivity contribution >= 4 is 29.9 Å². The highest BCUT2D eigenvalue weighted by Crippen LogP contribution is 2.26. The number of benzene rings is 1. The minimum atomic E-state index is 0. The van der Waals surface area contributed by atoms with Crippen molar-refractivity contribution in [3.63, 3.8) is 0 Å². The van der Waals surface area contributed by atoms with Crippen molar-refractivity contribution in [1.29, 1.82) is 0 Å². The summed E-state index contributed by atoms with van der Waals surface area (Å²) in [5.41, 5.74) is 1.20. The molecule has 1 aromatic rings. The zero-order valence-corrected chi connectivity index (χ0v) is 21.8. The highest BCUT2D eigenvalue weighted by Gasteiger charge is 2.24. The lowest BCUT2D eigenvalue weighted by atomic mass is 10.1. The number of para-hydroxylation sites is 1. The van der Waals surface area contributed by atoms with E-state index >= 15 is 0 Å². The van der Waals surface area contributed by atoms with Gasteiger partial charge in [0.1, 0.15) is 5.75 Å². The Kier molecular flexibility index (Phi) is 10.9. The van der Waals surface area contributed by atoms with Gasteiger partial charge >= 0.3 is 0 Å². The molecule has 0 spiro atoms. The molecule has 0 radical (unpaired) electrons. The molecule has 2 aliphatic heterocycles. The van der Waals surface area contributed by atoms with Crippen molar-refractivity contribution < 1.29 is 14.2 Å². The Bertz CT molecular complexity index is 697. The van der Waals surface area contributed by atoms with Gasteiger partial charge in [-0.2, -0.15) is 0 Å². The summed E-state index contributed by atoms with van der Waals surface area (Å²) >= 11 is 0. The molecule has 6 nitrogen and oxygen atoms in total. The lowest BCUT2D eigenvalue weighted by Crippen LogP contribution is -2.47. The molecule has 1 N–H and O–H groups in total. The van der Waals surface area contributed by atoms with Gasteiger partial charge in [-0.3, -0.25) is 4.99 Å². The fraction of sp³-hybridized carbons (Fsp3) is 0.720. The van der Waals surface area contributed by atoms with Crippen LogP contribution in [0.5, 0.6) is 5.75 Å². The lowest BCUT2D eigenvalue weighted by Gasteiger charge is -2.35. The van der Waals surface area contributed by atoms with E-state index in [9.17, 15) is 0 Å². The molecule has 32 heavy (non-hydrogen) atoms. The predicted molar refractivity (Wildman–Crippen MR) is 139 cm³/mol. The fourth-order valence-corrected chi connectivity index (χ4v) is 4.87. The van der Waals surface area contributed by atoms with Gasteiger partial charge in [-0.15, -0.1) is 24.0 Å². The summed E-state index contributed by atoms with van der Waals surface area (Å²) in [5, 5.41) is 3.55. The average Bonchev–Trinajstić information content (AvgIpc) is 3.34. The number of ether oxygens (including phenoxy) is 3. The number of hydrogen-bond acceptors (Lipinski definition) is 4. The van der Waals surface area contributed by atoms with Gasteiger partial charge in [0.25, 0.3) is 0 Å². The molecule has 4 rings (SSSR count). The summed E-state index contributed by atoms with van der Waals surface area (Å²) in [7, 11) is 1.87. The van der Waals surface area contributed by atoms with E-state index in [0.29, 0.717) is 18.3 Å². The van der Waals surface area contributed by atoms with Crippen LogP contribution in [0.2, 0.25) is 0 Å². The monoisotopic (exact) mass is 557 g/mol. The van der Waals surface area contributed by atoms with Crippen molar-refractivity contribution in [3.05, 3.63) is 29.8 Å². The second kappa shape index (κ2) is 13.6. The molecule has 1 atom stereocenters. The molecule has 0 bridgehead atoms. The maximum atomic E-state index is 6.29. The molecular formula is C25H40IN3O3. The van der Waals surface area contributed by atoms with E-state index in [1.165, 1.54) is 44.1 Å². The van der Waals surface area contributed by atoms with Gasteiger partial charge in [-0.05, 0) is 63.9 Å². The summed E-state index contributed by atoms with van der Waals surface area (Å²) in [6, 6.07) is 8.39. The van der Waals surface area contributed by atoms with Gasteiger partial charge in [0.2, 0.25) is 0 Å². The van der Waals surface area contributed by atoms with Crippen LogP contribution < -0.4 is 10.1 Å². The van der Waals surface area contributed by atoms with Crippen LogP contribution in [-0.2, 0) is 16.0 Å². The predicted octanol–water partition coefficient (Wildman–Crippen LogP) is 4.75. The van der Waals surface area contributed by atoms with E-state index in [0.717, 1.165) is 63.8 Å². The molecule has 1 aromatic carbocycles. The second-order valence-electron chi connectivity index (χ2n) is 9.04. The Morgan fingerprint density at radius 1 is 1.03 bits per heavy atom. The molecule has 1 unspecified atom stereocenters. The minimum Gasteiger partial charge on any atom is -0.490 e. The lowest BCUT2D eigenvalue weighted by molar-refractivity contribution is -0.0721. The number of likely N-dealkylation sites (tertiary alicyclic amines) is 1. The maximum Gasteiger partial charge on any atom is 0.193 e. The molecule has 0 aromatic heterocycles. The largest absolute Gasteiger partial charge is 0.490 e. The molecule has 0 amide bonds. The molecule has 180 valence electrons. The maximum absolute atomic E-state index is 6.29. The molecule has 2 heterocycles. The topological polar surface area (TPSA) is 55.3 Å².